The van der Waals surface area contributed by atoms with Gasteiger partial charge in [-0.2, -0.15) is 0 Å². The lowest BCUT2D eigenvalue weighted by Gasteiger charge is -2.09. The van der Waals surface area contributed by atoms with Crippen molar-refractivity contribution in [1.82, 2.24) is 0 Å². The van der Waals surface area contributed by atoms with Gasteiger partial charge in [-0.15, -0.1) is 11.3 Å². The standard InChI is InChI=1S/C12H8Br2Cl2S/c1-6-4-10(17-12(6)16)11(14)7-2-3-8(13)9(15)5-7/h2-5,11H,1H3. The lowest BCUT2D eigenvalue weighted by molar-refractivity contribution is 1.22. The summed E-state index contributed by atoms with van der Waals surface area (Å²) in [6, 6.07) is 8.04. The van der Waals surface area contributed by atoms with E-state index in [2.05, 4.69) is 37.9 Å². The van der Waals surface area contributed by atoms with Crippen LogP contribution in [0, 0.1) is 6.92 Å². The van der Waals surface area contributed by atoms with Crippen LogP contribution < -0.4 is 0 Å². The molecule has 0 aliphatic rings. The van der Waals surface area contributed by atoms with E-state index in [1.807, 2.05) is 25.1 Å². The maximum Gasteiger partial charge on any atom is 0.0960 e. The van der Waals surface area contributed by atoms with E-state index in [0.29, 0.717) is 5.02 Å². The molecule has 1 atom stereocenters. The molecule has 0 saturated carbocycles. The summed E-state index contributed by atoms with van der Waals surface area (Å²) < 4.78 is 1.75. The number of benzene rings is 1. The summed E-state index contributed by atoms with van der Waals surface area (Å²) in [5.41, 5.74) is 2.23. The van der Waals surface area contributed by atoms with E-state index in [4.69, 9.17) is 23.2 Å². The van der Waals surface area contributed by atoms with Gasteiger partial charge in [0.25, 0.3) is 0 Å². The summed E-state index contributed by atoms with van der Waals surface area (Å²) in [7, 11) is 0. The molecule has 0 nitrogen and oxygen atoms in total. The van der Waals surface area contributed by atoms with Crippen molar-refractivity contribution in [1.29, 1.82) is 0 Å². The Morgan fingerprint density at radius 2 is 1.94 bits per heavy atom. The van der Waals surface area contributed by atoms with Crippen molar-refractivity contribution in [3.05, 3.63) is 54.1 Å². The number of aryl methyl sites for hydroxylation is 1. The van der Waals surface area contributed by atoms with Gasteiger partial charge in [0.15, 0.2) is 0 Å². The Labute approximate surface area is 131 Å². The van der Waals surface area contributed by atoms with E-state index in [-0.39, 0.29) is 4.83 Å². The third kappa shape index (κ3) is 3.07. The summed E-state index contributed by atoms with van der Waals surface area (Å²) >= 11 is 20.8. The van der Waals surface area contributed by atoms with Gasteiger partial charge in [-0.25, -0.2) is 0 Å². The van der Waals surface area contributed by atoms with E-state index in [1.165, 1.54) is 4.88 Å². The highest BCUT2D eigenvalue weighted by Gasteiger charge is 2.15. The molecule has 0 spiro atoms. The van der Waals surface area contributed by atoms with Crippen LogP contribution in [0.3, 0.4) is 0 Å². The fraction of sp³-hybridized carbons (Fsp3) is 0.167. The van der Waals surface area contributed by atoms with Crippen molar-refractivity contribution < 1.29 is 0 Å². The maximum atomic E-state index is 6.09. The zero-order valence-electron chi connectivity index (χ0n) is 8.81. The second-order valence-electron chi connectivity index (χ2n) is 3.64. The molecular formula is C12H8Br2Cl2S. The summed E-state index contributed by atoms with van der Waals surface area (Å²) in [5, 5.41) is 0.714. The van der Waals surface area contributed by atoms with Gasteiger partial charge in [-0.3, -0.25) is 0 Å². The van der Waals surface area contributed by atoms with Crippen LogP contribution in [0.25, 0.3) is 0 Å². The van der Waals surface area contributed by atoms with Crippen molar-refractivity contribution in [2.45, 2.75) is 11.8 Å². The molecule has 0 radical (unpaired) electrons. The average Bonchev–Trinajstić information content (AvgIpc) is 2.62. The van der Waals surface area contributed by atoms with Gasteiger partial charge in [0.1, 0.15) is 0 Å². The van der Waals surface area contributed by atoms with Crippen LogP contribution >= 0.6 is 66.4 Å². The predicted octanol–water partition coefficient (Wildman–Crippen LogP) is 6.61. The Balaban J connectivity index is 2.36. The summed E-state index contributed by atoms with van der Waals surface area (Å²) in [5.74, 6) is 0. The molecule has 0 amide bonds. The Hall–Kier alpha value is 0.460. The van der Waals surface area contributed by atoms with Gasteiger partial charge in [0.2, 0.25) is 0 Å². The Morgan fingerprint density at radius 1 is 1.24 bits per heavy atom. The van der Waals surface area contributed by atoms with Gasteiger partial charge in [-0.1, -0.05) is 45.2 Å². The lowest BCUT2D eigenvalue weighted by atomic mass is 10.1. The highest BCUT2D eigenvalue weighted by atomic mass is 79.9. The Bertz CT molecular complexity index is 532. The molecule has 17 heavy (non-hydrogen) atoms. The van der Waals surface area contributed by atoms with Gasteiger partial charge < -0.3 is 0 Å². The molecule has 0 aliphatic heterocycles. The number of halogens is 4. The molecule has 2 rings (SSSR count). The molecule has 1 unspecified atom stereocenters. The van der Waals surface area contributed by atoms with Crippen LogP contribution in [0.1, 0.15) is 20.8 Å². The molecular weight excluding hydrogens is 407 g/mol. The van der Waals surface area contributed by atoms with Crippen LogP contribution in [-0.4, -0.2) is 0 Å². The minimum Gasteiger partial charge on any atom is -0.127 e. The van der Waals surface area contributed by atoms with Crippen LogP contribution in [0.4, 0.5) is 0 Å². The molecule has 0 N–H and O–H groups in total. The number of thiophene rings is 1. The highest BCUT2D eigenvalue weighted by molar-refractivity contribution is 9.10. The van der Waals surface area contributed by atoms with Crippen LogP contribution in [0.5, 0.6) is 0 Å². The number of hydrogen-bond acceptors (Lipinski definition) is 1. The molecule has 0 fully saturated rings. The number of hydrogen-bond donors (Lipinski definition) is 0. The zero-order valence-corrected chi connectivity index (χ0v) is 14.3. The first kappa shape index (κ1) is 13.9. The second kappa shape index (κ2) is 5.62. The van der Waals surface area contributed by atoms with E-state index < -0.39 is 0 Å². The second-order valence-corrected chi connectivity index (χ2v) is 7.50. The van der Waals surface area contributed by atoms with Crippen molar-refractivity contribution in [3.8, 4) is 0 Å². The molecule has 0 saturated heterocycles. The van der Waals surface area contributed by atoms with Gasteiger partial charge in [0, 0.05) is 9.35 Å². The number of rotatable bonds is 2. The molecule has 2 aromatic rings. The van der Waals surface area contributed by atoms with Gasteiger partial charge >= 0.3 is 0 Å². The third-order valence-electron chi connectivity index (χ3n) is 2.36. The first-order chi connectivity index (χ1) is 7.99. The Kier molecular flexibility index (Phi) is 4.59. The molecule has 1 heterocycles. The molecule has 0 aliphatic carbocycles. The van der Waals surface area contributed by atoms with E-state index in [9.17, 15) is 0 Å². The fourth-order valence-electron chi connectivity index (χ4n) is 1.44. The minimum absolute atomic E-state index is 0.129. The molecule has 5 heteroatoms. The molecule has 1 aromatic carbocycles. The van der Waals surface area contributed by atoms with Gasteiger partial charge in [-0.05, 0) is 52.2 Å². The largest absolute Gasteiger partial charge is 0.127 e. The quantitative estimate of drug-likeness (QED) is 0.485. The summed E-state index contributed by atoms with van der Waals surface area (Å²) in [6.07, 6.45) is 0. The highest BCUT2D eigenvalue weighted by Crippen LogP contribution is 2.40. The van der Waals surface area contributed by atoms with Crippen molar-refractivity contribution in [2.24, 2.45) is 0 Å². The maximum absolute atomic E-state index is 6.09. The van der Waals surface area contributed by atoms with Crippen LogP contribution in [0.15, 0.2) is 28.7 Å². The predicted molar refractivity (Wildman–Crippen MR) is 84.0 cm³/mol. The molecule has 90 valence electrons. The molecule has 0 bridgehead atoms. The fourth-order valence-corrected chi connectivity index (χ4v) is 3.80. The topological polar surface area (TPSA) is 0 Å². The zero-order chi connectivity index (χ0) is 12.6. The van der Waals surface area contributed by atoms with Crippen molar-refractivity contribution >= 4 is 66.4 Å². The number of alkyl halides is 1. The average molecular weight is 415 g/mol. The summed E-state index contributed by atoms with van der Waals surface area (Å²) in [4.78, 5) is 1.31. The minimum atomic E-state index is 0.129. The smallest absolute Gasteiger partial charge is 0.0960 e. The molecule has 1 aromatic heterocycles. The van der Waals surface area contributed by atoms with Crippen LogP contribution in [-0.2, 0) is 0 Å². The van der Waals surface area contributed by atoms with E-state index >= 15 is 0 Å². The lowest BCUT2D eigenvalue weighted by Crippen LogP contribution is -1.89. The third-order valence-corrected chi connectivity index (χ3v) is 6.54. The first-order valence-corrected chi connectivity index (χ1v) is 8.12. The summed E-state index contributed by atoms with van der Waals surface area (Å²) in [6.45, 7) is 2.01. The van der Waals surface area contributed by atoms with E-state index in [0.717, 1.165) is 19.9 Å². The van der Waals surface area contributed by atoms with Crippen molar-refractivity contribution in [3.63, 3.8) is 0 Å². The van der Waals surface area contributed by atoms with Crippen molar-refractivity contribution in [2.75, 3.05) is 0 Å². The monoisotopic (exact) mass is 412 g/mol. The van der Waals surface area contributed by atoms with Crippen LogP contribution in [0.2, 0.25) is 9.36 Å². The van der Waals surface area contributed by atoms with E-state index in [1.54, 1.807) is 11.3 Å². The normalized spacial score (nSPS) is 12.8. The Morgan fingerprint density at radius 3 is 2.47 bits per heavy atom. The van der Waals surface area contributed by atoms with Gasteiger partial charge in [0.05, 0.1) is 14.2 Å². The first-order valence-electron chi connectivity index (χ1n) is 4.84. The SMILES string of the molecule is Cc1cc(C(Br)c2ccc(Br)c(Cl)c2)sc1Cl.